The Morgan fingerprint density at radius 1 is 0.857 bits per heavy atom. The van der Waals surface area contributed by atoms with Crippen molar-refractivity contribution in [1.82, 2.24) is 0 Å². The van der Waals surface area contributed by atoms with Crippen LogP contribution in [0.25, 0.3) is 11.1 Å². The van der Waals surface area contributed by atoms with E-state index in [4.69, 9.17) is 0 Å². The average molecular weight is 198 g/mol. The molecule has 2 aromatic rings. The lowest BCUT2D eigenvalue weighted by atomic mass is 9.92. The van der Waals surface area contributed by atoms with Crippen molar-refractivity contribution in [3.05, 3.63) is 48.5 Å². The summed E-state index contributed by atoms with van der Waals surface area (Å²) < 4.78 is 0. The van der Waals surface area contributed by atoms with Gasteiger partial charge in [0.2, 0.25) is 0 Å². The van der Waals surface area contributed by atoms with Gasteiger partial charge in [-0.05, 0) is 16.4 Å². The molecule has 0 fully saturated rings. The molecule has 68 valence electrons. The van der Waals surface area contributed by atoms with E-state index in [1.165, 1.54) is 21.9 Å². The number of hydrogen-bond donors (Lipinski definition) is 0. The van der Waals surface area contributed by atoms with Crippen molar-refractivity contribution in [1.29, 1.82) is 0 Å². The monoisotopic (exact) mass is 198 g/mol. The third-order valence-electron chi connectivity index (χ3n) is 2.38. The minimum atomic E-state index is 1.27. The quantitative estimate of drug-likeness (QED) is 0.475. The first kappa shape index (κ1) is 9.49. The predicted molar refractivity (Wildman–Crippen MR) is 69.4 cm³/mol. The fourth-order valence-electron chi connectivity index (χ4n) is 1.49. The van der Waals surface area contributed by atoms with Crippen LogP contribution in [-0.2, 0) is 0 Å². The molecule has 2 aromatic carbocycles. The Kier molecular flexibility index (Phi) is 2.70. The molecule has 0 spiro atoms. The van der Waals surface area contributed by atoms with Crippen molar-refractivity contribution in [2.45, 2.75) is 0 Å². The zero-order valence-corrected chi connectivity index (χ0v) is 9.35. The Bertz CT molecular complexity index is 437. The highest BCUT2D eigenvalue weighted by molar-refractivity contribution is 7.28. The van der Waals surface area contributed by atoms with Gasteiger partial charge in [0.25, 0.3) is 0 Å². The first-order valence-corrected chi connectivity index (χ1v) is 5.26. The van der Waals surface area contributed by atoms with Gasteiger partial charge in [-0.25, -0.2) is 0 Å². The fraction of sp³-hybridized carbons (Fsp3) is 0. The molecule has 0 bridgehead atoms. The van der Waals surface area contributed by atoms with Crippen LogP contribution < -0.4 is 10.8 Å². The fourth-order valence-corrected chi connectivity index (χ4v) is 1.67. The summed E-state index contributed by atoms with van der Waals surface area (Å²) in [5.74, 6) is 0. The molecule has 2 heteroatoms. The molecule has 0 aliphatic carbocycles. The Hall–Kier alpha value is -1.07. The van der Waals surface area contributed by atoms with Crippen molar-refractivity contribution in [2.75, 3.05) is 0 Å². The lowest BCUT2D eigenvalue weighted by molar-refractivity contribution is 1.65. The van der Waals surface area contributed by atoms with Gasteiger partial charge in [-0.3, -0.25) is 0 Å². The van der Waals surface area contributed by atoms with E-state index in [0.29, 0.717) is 0 Å². The van der Waals surface area contributed by atoms with Crippen LogP contribution in [0, 0.1) is 0 Å². The number of rotatable bonds is 1. The second kappa shape index (κ2) is 3.98. The maximum absolute atomic E-state index is 2.75. The van der Waals surface area contributed by atoms with Gasteiger partial charge < -0.3 is 0 Å². The average Bonchev–Trinajstić information content (AvgIpc) is 2.23. The summed E-state index contributed by atoms with van der Waals surface area (Å²) in [7, 11) is 4.88. The second-order valence-corrected chi connectivity index (χ2v) is 4.06. The standard InChI is InChI=1S/C12H12BP/c13-11-8-10(6-7-12(11)14)9-4-2-1-3-5-9/h1-8H,13-14H2. The predicted octanol–water partition coefficient (Wildman–Crippen LogP) is 1.11. The van der Waals surface area contributed by atoms with Gasteiger partial charge in [0.1, 0.15) is 7.85 Å². The van der Waals surface area contributed by atoms with Crippen molar-refractivity contribution < 1.29 is 0 Å². The molecule has 0 saturated carbocycles. The molecule has 2 rings (SSSR count). The van der Waals surface area contributed by atoms with E-state index >= 15 is 0 Å². The molecular weight excluding hydrogens is 186 g/mol. The van der Waals surface area contributed by atoms with Gasteiger partial charge in [-0.15, -0.1) is 9.24 Å². The molecule has 0 nitrogen and oxygen atoms in total. The maximum Gasteiger partial charge on any atom is 0.140 e. The summed E-state index contributed by atoms with van der Waals surface area (Å²) in [6.07, 6.45) is 0. The lowest BCUT2D eigenvalue weighted by Gasteiger charge is -2.04. The maximum atomic E-state index is 2.75. The largest absolute Gasteiger partial charge is 0.140 e. The summed E-state index contributed by atoms with van der Waals surface area (Å²) in [4.78, 5) is 0. The lowest BCUT2D eigenvalue weighted by Crippen LogP contribution is -2.18. The molecule has 1 atom stereocenters. The number of hydrogen-bond acceptors (Lipinski definition) is 0. The van der Waals surface area contributed by atoms with E-state index in [9.17, 15) is 0 Å². The minimum absolute atomic E-state index is 1.27. The molecule has 0 saturated heterocycles. The van der Waals surface area contributed by atoms with E-state index in [2.05, 4.69) is 59.6 Å². The SMILES string of the molecule is Bc1cc(-c2ccccc2)ccc1P. The molecule has 0 aromatic heterocycles. The summed E-state index contributed by atoms with van der Waals surface area (Å²) in [5, 5.41) is 1.27. The van der Waals surface area contributed by atoms with Crippen LogP contribution in [0.5, 0.6) is 0 Å². The Morgan fingerprint density at radius 2 is 1.57 bits per heavy atom. The molecule has 0 N–H and O–H groups in total. The van der Waals surface area contributed by atoms with Crippen LogP contribution in [0.15, 0.2) is 48.5 Å². The summed E-state index contributed by atoms with van der Waals surface area (Å²) in [5.41, 5.74) is 3.88. The van der Waals surface area contributed by atoms with E-state index < -0.39 is 0 Å². The summed E-state index contributed by atoms with van der Waals surface area (Å²) in [6.45, 7) is 0. The van der Waals surface area contributed by atoms with E-state index in [1.807, 2.05) is 6.07 Å². The van der Waals surface area contributed by atoms with Crippen molar-refractivity contribution >= 4 is 27.9 Å². The number of benzene rings is 2. The second-order valence-electron chi connectivity index (χ2n) is 3.44. The molecule has 0 radical (unpaired) electrons. The van der Waals surface area contributed by atoms with Crippen LogP contribution in [0.4, 0.5) is 0 Å². The van der Waals surface area contributed by atoms with Gasteiger partial charge in [0.05, 0.1) is 0 Å². The Morgan fingerprint density at radius 3 is 2.21 bits per heavy atom. The molecular formula is C12H12BP. The molecule has 0 heterocycles. The topological polar surface area (TPSA) is 0 Å². The van der Waals surface area contributed by atoms with E-state index in [0.717, 1.165) is 0 Å². The van der Waals surface area contributed by atoms with Crippen LogP contribution in [0.1, 0.15) is 0 Å². The zero-order valence-electron chi connectivity index (χ0n) is 8.20. The third kappa shape index (κ3) is 1.88. The molecule has 1 unspecified atom stereocenters. The zero-order chi connectivity index (χ0) is 9.97. The first-order valence-electron chi connectivity index (χ1n) is 4.69. The van der Waals surface area contributed by atoms with Gasteiger partial charge in [-0.1, -0.05) is 54.0 Å². The van der Waals surface area contributed by atoms with Gasteiger partial charge in [0, 0.05) is 0 Å². The van der Waals surface area contributed by atoms with Crippen LogP contribution in [0.3, 0.4) is 0 Å². The Balaban J connectivity index is 2.48. The van der Waals surface area contributed by atoms with Gasteiger partial charge >= 0.3 is 0 Å². The summed E-state index contributed by atoms with van der Waals surface area (Å²) in [6, 6.07) is 17.0. The third-order valence-corrected chi connectivity index (χ3v) is 3.02. The van der Waals surface area contributed by atoms with E-state index in [1.54, 1.807) is 0 Å². The molecule has 0 amide bonds. The summed E-state index contributed by atoms with van der Waals surface area (Å²) >= 11 is 0. The van der Waals surface area contributed by atoms with Crippen molar-refractivity contribution in [3.63, 3.8) is 0 Å². The molecule has 0 aliphatic rings. The highest BCUT2D eigenvalue weighted by atomic mass is 31.0. The highest BCUT2D eigenvalue weighted by Crippen LogP contribution is 2.16. The highest BCUT2D eigenvalue weighted by Gasteiger charge is 1.97. The van der Waals surface area contributed by atoms with Crippen molar-refractivity contribution in [2.24, 2.45) is 0 Å². The van der Waals surface area contributed by atoms with Gasteiger partial charge in [0.15, 0.2) is 0 Å². The van der Waals surface area contributed by atoms with Gasteiger partial charge in [-0.2, -0.15) is 0 Å². The molecule has 14 heavy (non-hydrogen) atoms. The van der Waals surface area contributed by atoms with E-state index in [-0.39, 0.29) is 0 Å². The smallest absolute Gasteiger partial charge is 0.106 e. The van der Waals surface area contributed by atoms with Crippen LogP contribution in [-0.4, -0.2) is 7.85 Å². The van der Waals surface area contributed by atoms with Crippen LogP contribution >= 0.6 is 9.24 Å². The van der Waals surface area contributed by atoms with Crippen LogP contribution in [0.2, 0.25) is 0 Å². The minimum Gasteiger partial charge on any atom is -0.106 e. The molecule has 0 aliphatic heterocycles. The van der Waals surface area contributed by atoms with Crippen molar-refractivity contribution in [3.8, 4) is 11.1 Å². The first-order chi connectivity index (χ1) is 6.77. The normalized spacial score (nSPS) is 10.1. The Labute approximate surface area is 88.0 Å².